The van der Waals surface area contributed by atoms with Gasteiger partial charge in [0.25, 0.3) is 0 Å². The third kappa shape index (κ3) is 3.63. The Morgan fingerprint density at radius 1 is 1.11 bits per heavy atom. The first-order chi connectivity index (χ1) is 13.4. The molecule has 1 N–H and O–H groups in total. The molecule has 0 amide bonds. The number of rotatable bonds is 6. The van der Waals surface area contributed by atoms with E-state index >= 15 is 0 Å². The molecule has 2 bridgehead atoms. The standard InChI is InChI=1S/C24H29FNO2/c1-18-4-6-19(7-5-18)23(27)3-2-14-26-15-12-21(13-16-26)24(28,17-26)20-8-10-22(25)11-9-20/h4-11,21,28H,2-3,12-17H2,1H3/q+1. The zero-order valence-corrected chi connectivity index (χ0v) is 16.5. The van der Waals surface area contributed by atoms with Crippen LogP contribution in [0.2, 0.25) is 0 Å². The first kappa shape index (κ1) is 19.3. The Bertz CT molecular complexity index is 838. The average molecular weight is 382 g/mol. The highest BCUT2D eigenvalue weighted by Crippen LogP contribution is 2.46. The van der Waals surface area contributed by atoms with Gasteiger partial charge >= 0.3 is 0 Å². The summed E-state index contributed by atoms with van der Waals surface area (Å²) in [6, 6.07) is 14.1. The van der Waals surface area contributed by atoms with Gasteiger partial charge in [0.2, 0.25) is 0 Å². The fourth-order valence-corrected chi connectivity index (χ4v) is 5.22. The molecule has 3 saturated heterocycles. The third-order valence-electron chi connectivity index (χ3n) is 6.91. The Balaban J connectivity index is 1.42. The number of carbonyl (C=O) groups excluding carboxylic acids is 1. The Morgan fingerprint density at radius 2 is 1.75 bits per heavy atom. The lowest BCUT2D eigenvalue weighted by Gasteiger charge is -2.56. The fourth-order valence-electron chi connectivity index (χ4n) is 5.22. The normalized spacial score (nSPS) is 29.0. The van der Waals surface area contributed by atoms with Crippen molar-refractivity contribution < 1.29 is 18.8 Å². The summed E-state index contributed by atoms with van der Waals surface area (Å²) in [6.45, 7) is 5.72. The molecule has 3 nitrogen and oxygen atoms in total. The van der Waals surface area contributed by atoms with E-state index in [0.717, 1.165) is 60.1 Å². The van der Waals surface area contributed by atoms with Crippen LogP contribution in [0.1, 0.15) is 47.2 Å². The molecule has 0 aromatic heterocycles. The second-order valence-electron chi connectivity index (χ2n) is 8.77. The Labute approximate surface area is 166 Å². The van der Waals surface area contributed by atoms with Crippen molar-refractivity contribution >= 4 is 5.78 Å². The van der Waals surface area contributed by atoms with Gasteiger partial charge in [-0.25, -0.2) is 4.39 Å². The van der Waals surface area contributed by atoms with Crippen molar-refractivity contribution in [1.29, 1.82) is 0 Å². The van der Waals surface area contributed by atoms with Gasteiger partial charge in [0.15, 0.2) is 5.78 Å². The summed E-state index contributed by atoms with van der Waals surface area (Å²) in [5, 5.41) is 11.5. The minimum atomic E-state index is -0.884. The summed E-state index contributed by atoms with van der Waals surface area (Å²) in [7, 11) is 0. The molecular weight excluding hydrogens is 353 g/mol. The molecule has 1 unspecified atom stereocenters. The van der Waals surface area contributed by atoms with E-state index in [1.807, 2.05) is 31.2 Å². The molecule has 4 heteroatoms. The van der Waals surface area contributed by atoms with Gasteiger partial charge in [0.1, 0.15) is 18.0 Å². The molecule has 2 aromatic rings. The molecule has 148 valence electrons. The van der Waals surface area contributed by atoms with Gasteiger partial charge in [-0.15, -0.1) is 0 Å². The van der Waals surface area contributed by atoms with Crippen LogP contribution in [-0.4, -0.2) is 41.6 Å². The number of aliphatic hydroxyl groups is 1. The second-order valence-corrected chi connectivity index (χ2v) is 8.77. The lowest BCUT2D eigenvalue weighted by molar-refractivity contribution is -0.952. The number of ketones is 1. The molecule has 3 heterocycles. The minimum absolute atomic E-state index is 0.193. The zero-order valence-electron chi connectivity index (χ0n) is 16.5. The number of Topliss-reactive ketones (excluding diaryl/α,β-unsaturated/α-hetero) is 1. The van der Waals surface area contributed by atoms with E-state index in [9.17, 15) is 14.3 Å². The van der Waals surface area contributed by atoms with Gasteiger partial charge in [-0.05, 0) is 24.6 Å². The largest absolute Gasteiger partial charge is 0.379 e. The number of fused-ring (bicyclic) bond motifs is 3. The molecule has 0 spiro atoms. The molecule has 0 aliphatic carbocycles. The maximum atomic E-state index is 13.3. The van der Waals surface area contributed by atoms with Crippen molar-refractivity contribution in [2.45, 2.75) is 38.2 Å². The Hall–Kier alpha value is -2.04. The molecular formula is C24H29FNO2+. The number of benzene rings is 2. The smallest absolute Gasteiger partial charge is 0.163 e. The molecule has 0 saturated carbocycles. The van der Waals surface area contributed by atoms with E-state index in [1.54, 1.807) is 12.1 Å². The molecule has 1 atom stereocenters. The summed E-state index contributed by atoms with van der Waals surface area (Å²) in [5.74, 6) is 0.165. The van der Waals surface area contributed by atoms with E-state index in [2.05, 4.69) is 0 Å². The highest BCUT2D eigenvalue weighted by atomic mass is 19.1. The molecule has 3 fully saturated rings. The SMILES string of the molecule is Cc1ccc(C(=O)CCC[N+]23CCC(CC2)C(O)(c2ccc(F)cc2)C3)cc1. The molecule has 3 aliphatic rings. The fraction of sp³-hybridized carbons (Fsp3) is 0.458. The van der Waals surface area contributed by atoms with Crippen molar-refractivity contribution in [2.75, 3.05) is 26.2 Å². The van der Waals surface area contributed by atoms with E-state index in [1.165, 1.54) is 12.1 Å². The van der Waals surface area contributed by atoms with Crippen LogP contribution in [0, 0.1) is 18.7 Å². The van der Waals surface area contributed by atoms with E-state index in [4.69, 9.17) is 0 Å². The number of hydrogen-bond acceptors (Lipinski definition) is 2. The first-order valence-corrected chi connectivity index (χ1v) is 10.3. The first-order valence-electron chi connectivity index (χ1n) is 10.3. The Kier molecular flexibility index (Phi) is 5.11. The summed E-state index contributed by atoms with van der Waals surface area (Å²) < 4.78 is 14.2. The van der Waals surface area contributed by atoms with Crippen molar-refractivity contribution in [3.8, 4) is 0 Å². The monoisotopic (exact) mass is 382 g/mol. The number of halogens is 1. The maximum absolute atomic E-state index is 13.3. The predicted octanol–water partition coefficient (Wildman–Crippen LogP) is 4.23. The van der Waals surface area contributed by atoms with Gasteiger partial charge in [-0.3, -0.25) is 4.79 Å². The van der Waals surface area contributed by atoms with Crippen molar-refractivity contribution in [1.82, 2.24) is 0 Å². The molecule has 0 radical (unpaired) electrons. The second kappa shape index (κ2) is 7.41. The molecule has 3 aliphatic heterocycles. The van der Waals surface area contributed by atoms with E-state index in [0.29, 0.717) is 13.0 Å². The number of aryl methyl sites for hydroxylation is 1. The van der Waals surface area contributed by atoms with E-state index < -0.39 is 5.60 Å². The number of hydrogen-bond donors (Lipinski definition) is 1. The maximum Gasteiger partial charge on any atom is 0.163 e. The quantitative estimate of drug-likeness (QED) is 0.600. The highest BCUT2D eigenvalue weighted by Gasteiger charge is 2.54. The molecule has 28 heavy (non-hydrogen) atoms. The van der Waals surface area contributed by atoms with Crippen LogP contribution >= 0.6 is 0 Å². The predicted molar refractivity (Wildman–Crippen MR) is 107 cm³/mol. The summed E-state index contributed by atoms with van der Waals surface area (Å²) in [5.41, 5.74) is 1.89. The third-order valence-corrected chi connectivity index (χ3v) is 6.91. The molecule has 2 aromatic carbocycles. The van der Waals surface area contributed by atoms with E-state index in [-0.39, 0.29) is 17.5 Å². The number of nitrogens with zero attached hydrogens (tertiary/aromatic N) is 1. The van der Waals surface area contributed by atoms with Gasteiger partial charge in [-0.1, -0.05) is 42.0 Å². The van der Waals surface area contributed by atoms with Crippen molar-refractivity contribution in [2.24, 2.45) is 5.92 Å². The van der Waals surface area contributed by atoms with Crippen molar-refractivity contribution in [3.05, 3.63) is 71.0 Å². The van der Waals surface area contributed by atoms with Crippen molar-refractivity contribution in [3.63, 3.8) is 0 Å². The molecule has 5 rings (SSSR count). The van der Waals surface area contributed by atoms with Crippen LogP contribution in [0.3, 0.4) is 0 Å². The van der Waals surface area contributed by atoms with Crippen LogP contribution in [0.25, 0.3) is 0 Å². The highest BCUT2D eigenvalue weighted by molar-refractivity contribution is 5.96. The summed E-state index contributed by atoms with van der Waals surface area (Å²) in [6.07, 6.45) is 3.35. The minimum Gasteiger partial charge on any atom is -0.379 e. The van der Waals surface area contributed by atoms with Gasteiger partial charge in [0, 0.05) is 37.2 Å². The number of carbonyl (C=O) groups is 1. The average Bonchev–Trinajstić information content (AvgIpc) is 2.69. The lowest BCUT2D eigenvalue weighted by atomic mass is 9.70. The zero-order chi connectivity index (χ0) is 19.8. The van der Waals surface area contributed by atoms with Gasteiger partial charge in [0.05, 0.1) is 19.6 Å². The lowest BCUT2D eigenvalue weighted by Crippen LogP contribution is -2.67. The summed E-state index contributed by atoms with van der Waals surface area (Å²) >= 11 is 0. The Morgan fingerprint density at radius 3 is 2.39 bits per heavy atom. The van der Waals surface area contributed by atoms with Crippen LogP contribution in [0.4, 0.5) is 4.39 Å². The van der Waals surface area contributed by atoms with Gasteiger partial charge in [-0.2, -0.15) is 0 Å². The summed E-state index contributed by atoms with van der Waals surface area (Å²) in [4.78, 5) is 12.5. The van der Waals surface area contributed by atoms with Crippen LogP contribution in [-0.2, 0) is 5.60 Å². The van der Waals surface area contributed by atoms with Crippen LogP contribution in [0.5, 0.6) is 0 Å². The van der Waals surface area contributed by atoms with Gasteiger partial charge < -0.3 is 9.59 Å². The topological polar surface area (TPSA) is 37.3 Å². The number of piperidine rings is 3. The van der Waals surface area contributed by atoms with Crippen LogP contribution in [0.15, 0.2) is 48.5 Å². The number of quaternary nitrogens is 1. The van der Waals surface area contributed by atoms with Crippen LogP contribution < -0.4 is 0 Å².